The van der Waals surface area contributed by atoms with Gasteiger partial charge >= 0.3 is 6.09 Å². The van der Waals surface area contributed by atoms with E-state index in [2.05, 4.69) is 4.74 Å². The van der Waals surface area contributed by atoms with Gasteiger partial charge in [-0.1, -0.05) is 4.48 Å². The zero-order valence-electron chi connectivity index (χ0n) is 3.56. The minimum atomic E-state index is -0.875. The zero-order valence-corrected chi connectivity index (χ0v) is 3.56. The summed E-state index contributed by atoms with van der Waals surface area (Å²) in [7, 11) is 0. The van der Waals surface area contributed by atoms with E-state index in [1.54, 1.807) is 0 Å². The molecule has 0 atom stereocenters. The molecule has 0 N–H and O–H groups in total. The molecule has 1 fully saturated rings. The molecule has 3 nitrogen and oxygen atoms in total. The Morgan fingerprint density at radius 2 is 2.57 bits per heavy atom. The van der Waals surface area contributed by atoms with E-state index in [1.165, 1.54) is 0 Å². The first-order valence-electron chi connectivity index (χ1n) is 1.91. The van der Waals surface area contributed by atoms with E-state index in [9.17, 15) is 9.28 Å². The summed E-state index contributed by atoms with van der Waals surface area (Å²) in [5, 5.41) is 0.0417. The molecule has 0 aromatic heterocycles. The molecule has 1 heterocycles. The lowest BCUT2D eigenvalue weighted by atomic mass is 10.7. The van der Waals surface area contributed by atoms with Gasteiger partial charge in [0.25, 0.3) is 0 Å². The standard InChI is InChI=1S/C3H4FNO2/c4-5-1-2-7-3(5)6/h1-2H2. The van der Waals surface area contributed by atoms with Crippen molar-refractivity contribution in [3.05, 3.63) is 0 Å². The molecule has 40 valence electrons. The smallest absolute Gasteiger partial charge is 0.438 e. The number of halogens is 1. The third-order valence-corrected chi connectivity index (χ3v) is 0.711. The number of amides is 1. The maximum absolute atomic E-state index is 11.7. The predicted molar refractivity (Wildman–Crippen MR) is 19.2 cm³/mol. The fourth-order valence-corrected chi connectivity index (χ4v) is 0.374. The van der Waals surface area contributed by atoms with Crippen molar-refractivity contribution < 1.29 is 14.0 Å². The fraction of sp³-hybridized carbons (Fsp3) is 0.667. The lowest BCUT2D eigenvalue weighted by Crippen LogP contribution is -2.11. The predicted octanol–water partition coefficient (Wildman–Crippen LogP) is 0.323. The van der Waals surface area contributed by atoms with Gasteiger partial charge in [0.15, 0.2) is 0 Å². The normalized spacial score (nSPS) is 20.1. The van der Waals surface area contributed by atoms with Gasteiger partial charge in [0.2, 0.25) is 0 Å². The SMILES string of the molecule is O=C1OCCN1F. The van der Waals surface area contributed by atoms with Crippen molar-refractivity contribution in [3.63, 3.8) is 0 Å². The van der Waals surface area contributed by atoms with Gasteiger partial charge in [-0.2, -0.15) is 0 Å². The van der Waals surface area contributed by atoms with Crippen molar-refractivity contribution in [1.82, 2.24) is 5.12 Å². The Hall–Kier alpha value is -0.800. The van der Waals surface area contributed by atoms with Crippen molar-refractivity contribution in [1.29, 1.82) is 0 Å². The second-order valence-electron chi connectivity index (χ2n) is 1.20. The summed E-state index contributed by atoms with van der Waals surface area (Å²) in [4.78, 5) is 9.90. The summed E-state index contributed by atoms with van der Waals surface area (Å²) in [5.41, 5.74) is 0. The molecule has 1 aliphatic rings. The Morgan fingerprint density at radius 1 is 1.86 bits per heavy atom. The van der Waals surface area contributed by atoms with Gasteiger partial charge < -0.3 is 4.74 Å². The van der Waals surface area contributed by atoms with E-state index < -0.39 is 6.09 Å². The molecular formula is C3H4FNO2. The van der Waals surface area contributed by atoms with Crippen LogP contribution in [0.15, 0.2) is 0 Å². The van der Waals surface area contributed by atoms with E-state index in [1.807, 2.05) is 0 Å². The lowest BCUT2D eigenvalue weighted by molar-refractivity contribution is 0.0739. The highest BCUT2D eigenvalue weighted by atomic mass is 19.2. The number of nitrogens with zero attached hydrogens (tertiary/aromatic N) is 1. The molecule has 1 saturated heterocycles. The number of hydrogen-bond acceptors (Lipinski definition) is 2. The lowest BCUT2D eigenvalue weighted by Gasteiger charge is -1.91. The van der Waals surface area contributed by atoms with Crippen molar-refractivity contribution >= 4 is 6.09 Å². The van der Waals surface area contributed by atoms with Crippen LogP contribution in [0.2, 0.25) is 0 Å². The van der Waals surface area contributed by atoms with Crippen LogP contribution in [0.25, 0.3) is 0 Å². The van der Waals surface area contributed by atoms with E-state index >= 15 is 0 Å². The number of rotatable bonds is 0. The molecule has 0 radical (unpaired) electrons. The van der Waals surface area contributed by atoms with Crippen LogP contribution < -0.4 is 0 Å². The van der Waals surface area contributed by atoms with Crippen LogP contribution in [0.1, 0.15) is 0 Å². The monoisotopic (exact) mass is 105 g/mol. The summed E-state index contributed by atoms with van der Waals surface area (Å²) in [6.07, 6.45) is -0.875. The summed E-state index contributed by atoms with van der Waals surface area (Å²) >= 11 is 0. The largest absolute Gasteiger partial charge is 0.446 e. The first-order valence-corrected chi connectivity index (χ1v) is 1.91. The van der Waals surface area contributed by atoms with E-state index in [4.69, 9.17) is 0 Å². The topological polar surface area (TPSA) is 29.5 Å². The highest BCUT2D eigenvalue weighted by molar-refractivity contribution is 5.67. The molecule has 7 heavy (non-hydrogen) atoms. The summed E-state index contributed by atoms with van der Waals surface area (Å²) in [6.45, 7) is 0.244. The van der Waals surface area contributed by atoms with Gasteiger partial charge in [-0.05, 0) is 0 Å². The van der Waals surface area contributed by atoms with Crippen molar-refractivity contribution in [2.75, 3.05) is 13.2 Å². The molecule has 1 rings (SSSR count). The molecule has 0 aromatic rings. The van der Waals surface area contributed by atoms with Crippen LogP contribution in [-0.2, 0) is 4.74 Å². The Bertz CT molecular complexity index is 94.9. The minimum Gasteiger partial charge on any atom is -0.446 e. The number of ether oxygens (including phenoxy) is 1. The summed E-state index contributed by atoms with van der Waals surface area (Å²) in [5.74, 6) is 0. The summed E-state index contributed by atoms with van der Waals surface area (Å²) < 4.78 is 15.9. The molecule has 0 bridgehead atoms. The fourth-order valence-electron chi connectivity index (χ4n) is 0.374. The Balaban J connectivity index is 2.48. The highest BCUT2D eigenvalue weighted by Crippen LogP contribution is 2.00. The van der Waals surface area contributed by atoms with Gasteiger partial charge in [-0.25, -0.2) is 4.79 Å². The maximum Gasteiger partial charge on any atom is 0.438 e. The van der Waals surface area contributed by atoms with Crippen LogP contribution in [0.3, 0.4) is 0 Å². The Kier molecular flexibility index (Phi) is 0.850. The number of carbonyl (C=O) groups excluding carboxylic acids is 1. The van der Waals surface area contributed by atoms with Gasteiger partial charge in [0, 0.05) is 0 Å². The molecule has 0 spiro atoms. The van der Waals surface area contributed by atoms with Gasteiger partial charge in [-0.15, -0.1) is 5.12 Å². The van der Waals surface area contributed by atoms with Crippen LogP contribution in [0.4, 0.5) is 9.28 Å². The number of hydrogen-bond donors (Lipinski definition) is 0. The molecule has 1 aliphatic heterocycles. The molecule has 1 amide bonds. The molecule has 0 saturated carbocycles. The van der Waals surface area contributed by atoms with Gasteiger partial charge in [0.05, 0.1) is 6.54 Å². The first kappa shape index (κ1) is 4.36. The number of carbonyl (C=O) groups is 1. The van der Waals surface area contributed by atoms with E-state index in [0.29, 0.717) is 0 Å². The Labute approximate surface area is 39.6 Å². The van der Waals surface area contributed by atoms with Gasteiger partial charge in [0.1, 0.15) is 6.61 Å². The molecule has 0 aromatic carbocycles. The average Bonchev–Trinajstić information content (AvgIpc) is 1.91. The van der Waals surface area contributed by atoms with Crippen LogP contribution in [0, 0.1) is 0 Å². The van der Waals surface area contributed by atoms with E-state index in [-0.39, 0.29) is 18.3 Å². The van der Waals surface area contributed by atoms with Crippen molar-refractivity contribution in [3.8, 4) is 0 Å². The third-order valence-electron chi connectivity index (χ3n) is 0.711. The first-order chi connectivity index (χ1) is 3.30. The molecule has 4 heteroatoms. The minimum absolute atomic E-state index is 0.0417. The van der Waals surface area contributed by atoms with Crippen molar-refractivity contribution in [2.45, 2.75) is 0 Å². The Morgan fingerprint density at radius 3 is 2.71 bits per heavy atom. The second-order valence-corrected chi connectivity index (χ2v) is 1.20. The van der Waals surface area contributed by atoms with Crippen LogP contribution in [-0.4, -0.2) is 24.4 Å². The second kappa shape index (κ2) is 1.36. The molecule has 0 unspecified atom stereocenters. The molecule has 0 aliphatic carbocycles. The third kappa shape index (κ3) is 0.629. The van der Waals surface area contributed by atoms with Crippen LogP contribution in [0.5, 0.6) is 0 Å². The van der Waals surface area contributed by atoms with E-state index in [0.717, 1.165) is 0 Å². The van der Waals surface area contributed by atoms with Gasteiger partial charge in [-0.3, -0.25) is 0 Å². The molecular weight excluding hydrogens is 101 g/mol. The zero-order chi connectivity index (χ0) is 5.28. The quantitative estimate of drug-likeness (QED) is 0.415. The van der Waals surface area contributed by atoms with Crippen molar-refractivity contribution in [2.24, 2.45) is 0 Å². The maximum atomic E-state index is 11.7. The van der Waals surface area contributed by atoms with Crippen LogP contribution >= 0.6 is 0 Å². The summed E-state index contributed by atoms with van der Waals surface area (Å²) in [6, 6.07) is 0. The average molecular weight is 105 g/mol. The highest BCUT2D eigenvalue weighted by Gasteiger charge is 2.20. The number of cyclic esters (lactones) is 1.